The van der Waals surface area contributed by atoms with E-state index in [0.29, 0.717) is 25.5 Å². The van der Waals surface area contributed by atoms with Gasteiger partial charge < -0.3 is 86.4 Å². The van der Waals surface area contributed by atoms with Crippen LogP contribution in [0, 0.1) is 29.6 Å². The van der Waals surface area contributed by atoms with Gasteiger partial charge in [-0.05, 0) is 81.1 Å². The van der Waals surface area contributed by atoms with Crippen molar-refractivity contribution in [3.8, 4) is 0 Å². The smallest absolute Gasteiger partial charge is 0.245 e. The number of carbonyl (C=O) groups is 11. The lowest BCUT2D eigenvalue weighted by molar-refractivity contribution is -0.137. The highest BCUT2D eigenvalue weighted by Gasteiger charge is 2.37. The number of hydrogen-bond donors (Lipinski definition) is 15. The van der Waals surface area contributed by atoms with Gasteiger partial charge in [-0.2, -0.15) is 0 Å². The minimum Gasteiger partial charge on any atom is -0.394 e. The van der Waals surface area contributed by atoms with E-state index in [1.54, 1.807) is 34.6 Å². The van der Waals surface area contributed by atoms with Crippen molar-refractivity contribution in [2.75, 3.05) is 26.2 Å². The first-order chi connectivity index (χ1) is 36.1. The van der Waals surface area contributed by atoms with E-state index in [4.69, 9.17) is 28.7 Å². The Balaban J connectivity index is 6.59. The summed E-state index contributed by atoms with van der Waals surface area (Å²) in [5.41, 5.74) is 28.1. The number of nitrogens with one attached hydrogen (secondary N) is 9. The van der Waals surface area contributed by atoms with Crippen LogP contribution in [0.25, 0.3) is 0 Å². The number of unbranched alkanes of at least 4 members (excludes halogenated alkanes) is 1. The number of aliphatic hydroxyl groups is 1. The number of aliphatic imine (C=N–C) groups is 1. The van der Waals surface area contributed by atoms with Gasteiger partial charge in [-0.1, -0.05) is 82.1 Å². The molecular weight excluding hydrogens is 1000 g/mol. The maximum atomic E-state index is 14.1. The molecule has 0 unspecified atom stereocenters. The summed E-state index contributed by atoms with van der Waals surface area (Å²) in [5.74, 6) is -10.1. The number of nitrogens with two attached hydrogens (primary N) is 5. The molecule has 0 aromatic carbocycles. The highest BCUT2D eigenvalue weighted by molar-refractivity contribution is 5.99. The van der Waals surface area contributed by atoms with Gasteiger partial charge in [0.1, 0.15) is 54.6 Å². The lowest BCUT2D eigenvalue weighted by atomic mass is 9.95. The Morgan fingerprint density at radius 1 is 0.519 bits per heavy atom. The number of amides is 10. The minimum absolute atomic E-state index is 0.0260. The number of hydrogen-bond acceptors (Lipinski definition) is 15. The van der Waals surface area contributed by atoms with E-state index in [9.17, 15) is 57.8 Å². The van der Waals surface area contributed by atoms with E-state index >= 15 is 0 Å². The summed E-state index contributed by atoms with van der Waals surface area (Å²) in [6.45, 7) is 16.7. The zero-order chi connectivity index (χ0) is 59.1. The number of primary amides is 1. The quantitative estimate of drug-likeness (QED) is 0.0122. The molecule has 77 heavy (non-hydrogen) atoms. The highest BCUT2D eigenvalue weighted by atomic mass is 16.3. The third kappa shape index (κ3) is 27.4. The molecule has 27 heteroatoms. The maximum absolute atomic E-state index is 14.1. The minimum atomic E-state index is -1.71. The van der Waals surface area contributed by atoms with Crippen molar-refractivity contribution in [3.63, 3.8) is 0 Å². The molecule has 0 bridgehead atoms. The molecule has 11 atom stereocenters. The monoisotopic (exact) mass is 1100 g/mol. The van der Waals surface area contributed by atoms with Crippen LogP contribution in [0.1, 0.15) is 133 Å². The predicted octanol–water partition coefficient (Wildman–Crippen LogP) is -3.60. The second kappa shape index (κ2) is 37.3. The van der Waals surface area contributed by atoms with Crippen molar-refractivity contribution in [1.29, 1.82) is 0 Å². The molecule has 0 aliphatic heterocycles. The van der Waals surface area contributed by atoms with E-state index in [-0.39, 0.29) is 81.9 Å². The van der Waals surface area contributed by atoms with E-state index < -0.39 is 138 Å². The number of aliphatic hydroxyl groups excluding tert-OH is 1. The van der Waals surface area contributed by atoms with Gasteiger partial charge in [-0.15, -0.1) is 0 Å². The van der Waals surface area contributed by atoms with Gasteiger partial charge in [0.15, 0.2) is 5.96 Å². The van der Waals surface area contributed by atoms with Crippen molar-refractivity contribution < 1.29 is 57.8 Å². The van der Waals surface area contributed by atoms with Gasteiger partial charge in [0, 0.05) is 6.54 Å². The molecule has 0 rings (SSSR count). The molecule has 20 N–H and O–H groups in total. The van der Waals surface area contributed by atoms with Gasteiger partial charge >= 0.3 is 0 Å². The molecule has 0 fully saturated rings. The number of rotatable bonds is 39. The Kier molecular flexibility index (Phi) is 34.2. The maximum Gasteiger partial charge on any atom is 0.245 e. The van der Waals surface area contributed by atoms with Crippen LogP contribution in [-0.2, 0) is 52.7 Å². The summed E-state index contributed by atoms with van der Waals surface area (Å²) < 4.78 is 0. The Hall–Kier alpha value is -6.48. The van der Waals surface area contributed by atoms with Crippen LogP contribution in [-0.4, -0.2) is 157 Å². The molecule has 0 saturated heterocycles. The van der Waals surface area contributed by atoms with E-state index in [1.807, 2.05) is 34.6 Å². The third-order valence-corrected chi connectivity index (χ3v) is 12.7. The van der Waals surface area contributed by atoms with Crippen molar-refractivity contribution in [1.82, 2.24) is 47.9 Å². The molecule has 0 saturated carbocycles. The second-order valence-electron chi connectivity index (χ2n) is 20.6. The summed E-state index contributed by atoms with van der Waals surface area (Å²) in [6, 6.07) is -11.9. The SMILES string of the molecule is CC[C@H](C)[C@H](N)C(=O)N[C@@H](CCCN=C(N)N)C(=O)N[C@@H](CC(N)=O)C(=O)N[C@@H](CCCCN)C(=O)N[C@@H](CO)C(=O)N[C@H](C(=O)N[C@H](C(=O)N[C@@H](CC(C)C)C(=O)N[C@@H](CC(C)C)C(=O)NCC=O)[C@@H](C)CC)C(C)C. The molecule has 0 aliphatic carbocycles. The number of carbonyl (C=O) groups excluding carboxylic acids is 11. The first-order valence-electron chi connectivity index (χ1n) is 26.6. The summed E-state index contributed by atoms with van der Waals surface area (Å²) in [7, 11) is 0. The zero-order valence-corrected chi connectivity index (χ0v) is 46.8. The molecule has 0 spiro atoms. The zero-order valence-electron chi connectivity index (χ0n) is 46.8. The average Bonchev–Trinajstić information content (AvgIpc) is 3.36. The lowest BCUT2D eigenvalue weighted by Gasteiger charge is -2.31. The number of nitrogens with zero attached hydrogens (tertiary/aromatic N) is 1. The fourth-order valence-electron chi connectivity index (χ4n) is 7.67. The normalized spacial score (nSPS) is 15.5. The van der Waals surface area contributed by atoms with Crippen LogP contribution in [0.2, 0.25) is 0 Å². The molecular formula is C50H93N15O12. The largest absolute Gasteiger partial charge is 0.394 e. The van der Waals surface area contributed by atoms with E-state index in [1.165, 1.54) is 0 Å². The Morgan fingerprint density at radius 3 is 1.43 bits per heavy atom. The lowest BCUT2D eigenvalue weighted by Crippen LogP contribution is -2.62. The third-order valence-electron chi connectivity index (χ3n) is 12.7. The molecule has 0 aromatic heterocycles. The fourth-order valence-corrected chi connectivity index (χ4v) is 7.67. The topological polar surface area (TPSA) is 459 Å². The van der Waals surface area contributed by atoms with Crippen molar-refractivity contribution >= 4 is 71.3 Å². The Bertz CT molecular complexity index is 1970. The van der Waals surface area contributed by atoms with E-state index in [0.717, 1.165) is 0 Å². The van der Waals surface area contributed by atoms with Gasteiger partial charge in [-0.3, -0.25) is 52.9 Å². The van der Waals surface area contributed by atoms with Crippen LogP contribution in [0.15, 0.2) is 4.99 Å². The summed E-state index contributed by atoms with van der Waals surface area (Å²) in [4.78, 5) is 150. The van der Waals surface area contributed by atoms with Crippen molar-refractivity contribution in [3.05, 3.63) is 0 Å². The second-order valence-corrected chi connectivity index (χ2v) is 20.6. The first kappa shape index (κ1) is 70.5. The van der Waals surface area contributed by atoms with Crippen molar-refractivity contribution in [2.24, 2.45) is 63.3 Å². The summed E-state index contributed by atoms with van der Waals surface area (Å²) in [5, 5.41) is 33.4. The summed E-state index contributed by atoms with van der Waals surface area (Å²) in [6.07, 6.45) is 1.85. The van der Waals surface area contributed by atoms with Gasteiger partial charge in [0.25, 0.3) is 0 Å². The average molecular weight is 1100 g/mol. The predicted molar refractivity (Wildman–Crippen MR) is 289 cm³/mol. The first-order valence-corrected chi connectivity index (χ1v) is 26.6. The van der Waals surface area contributed by atoms with Gasteiger partial charge in [-0.25, -0.2) is 0 Å². The molecule has 0 aliphatic rings. The van der Waals surface area contributed by atoms with Gasteiger partial charge in [0.05, 0.1) is 25.6 Å². The van der Waals surface area contributed by atoms with Crippen molar-refractivity contribution in [2.45, 2.75) is 188 Å². The van der Waals surface area contributed by atoms with Crippen LogP contribution >= 0.6 is 0 Å². The Labute approximate surface area is 453 Å². The van der Waals surface area contributed by atoms with E-state index in [2.05, 4.69) is 52.8 Å². The fraction of sp³-hybridized carbons (Fsp3) is 0.760. The summed E-state index contributed by atoms with van der Waals surface area (Å²) >= 11 is 0. The van der Waals surface area contributed by atoms with Gasteiger partial charge in [0.2, 0.25) is 59.1 Å². The number of guanidine groups is 1. The van der Waals surface area contributed by atoms with Crippen LogP contribution < -0.4 is 76.5 Å². The molecule has 440 valence electrons. The molecule has 10 amide bonds. The highest BCUT2D eigenvalue weighted by Crippen LogP contribution is 2.15. The standard InChI is InChI=1S/C50H93N15O12/c1-11-29(9)38(53)47(75)59-32(17-15-19-57-50(54)55)42(70)61-35(24-37(52)68)45(73)58-31(16-13-14-18-51)43(71)63-36(25-67)46(74)64-39(28(7)8)48(76)65-40(30(10)12-2)49(77)62-34(23-27(5)6)44(72)60-33(22-26(3)4)41(69)56-20-21-66/h21,26-36,38-40,67H,11-20,22-25,51,53H2,1-10H3,(H2,52,68)(H,56,69)(H,58,73)(H,59,75)(H,60,72)(H,61,70)(H,62,77)(H,63,71)(H,64,74)(H,65,76)(H4,54,55,57)/t29-,30-,31-,32-,33-,34-,35-,36-,38-,39-,40-/m0/s1. The number of aldehydes is 1. The van der Waals surface area contributed by atoms with Crippen LogP contribution in [0.5, 0.6) is 0 Å². The molecule has 27 nitrogen and oxygen atoms in total. The molecule has 0 heterocycles. The van der Waals surface area contributed by atoms with Crippen LogP contribution in [0.4, 0.5) is 0 Å². The van der Waals surface area contributed by atoms with Crippen LogP contribution in [0.3, 0.4) is 0 Å². The Morgan fingerprint density at radius 2 is 0.948 bits per heavy atom. The molecule has 0 aromatic rings. The molecule has 0 radical (unpaired) electrons.